The molecule has 80 valence electrons. The van der Waals surface area contributed by atoms with E-state index in [0.717, 1.165) is 0 Å². The van der Waals surface area contributed by atoms with Gasteiger partial charge in [-0.05, 0) is 28.9 Å². The third-order valence-corrected chi connectivity index (χ3v) is 1.94. The van der Waals surface area contributed by atoms with Crippen molar-refractivity contribution in [3.05, 3.63) is 28.2 Å². The minimum atomic E-state index is -1.09. The maximum absolute atomic E-state index is 13.1. The largest absolute Gasteiger partial charge is 0.460 e. The molecule has 1 aromatic rings. The lowest BCUT2D eigenvalue weighted by atomic mass is 10.2. The number of aromatic nitrogens is 1. The van der Waals surface area contributed by atoms with Gasteiger partial charge in [0.15, 0.2) is 0 Å². The Morgan fingerprint density at radius 2 is 2.27 bits per heavy atom. The van der Waals surface area contributed by atoms with Crippen LogP contribution in [0.3, 0.4) is 0 Å². The fourth-order valence-electron chi connectivity index (χ4n) is 0.888. The van der Waals surface area contributed by atoms with E-state index in [1.165, 1.54) is 12.3 Å². The Kier molecular flexibility index (Phi) is 3.90. The standard InChI is InChI=1S/C9H7BrFNO3/c1-2-15-9(14)7(13)6-3-5(10)4-12-8(6)11/h3-4H,2H2,1H3. The number of nitrogens with zero attached hydrogens (tertiary/aromatic N) is 1. The lowest BCUT2D eigenvalue weighted by Crippen LogP contribution is -2.19. The lowest BCUT2D eigenvalue weighted by Gasteiger charge is -2.01. The van der Waals surface area contributed by atoms with Gasteiger partial charge in [-0.1, -0.05) is 0 Å². The number of ketones is 1. The first-order valence-electron chi connectivity index (χ1n) is 4.08. The molecule has 6 heteroatoms. The number of esters is 1. The Bertz CT molecular complexity index is 408. The van der Waals surface area contributed by atoms with Crippen LogP contribution in [0.1, 0.15) is 17.3 Å². The van der Waals surface area contributed by atoms with Crippen molar-refractivity contribution < 1.29 is 18.7 Å². The molecule has 0 unspecified atom stereocenters. The molecule has 0 saturated carbocycles. The van der Waals surface area contributed by atoms with Gasteiger partial charge in [0.2, 0.25) is 5.95 Å². The maximum atomic E-state index is 13.1. The Labute approximate surface area is 93.6 Å². The summed E-state index contributed by atoms with van der Waals surface area (Å²) in [4.78, 5) is 25.7. The molecule has 0 aromatic carbocycles. The van der Waals surface area contributed by atoms with E-state index in [1.54, 1.807) is 6.92 Å². The first-order chi connectivity index (χ1) is 7.06. The zero-order valence-electron chi connectivity index (χ0n) is 7.79. The van der Waals surface area contributed by atoms with E-state index in [-0.39, 0.29) is 6.61 Å². The predicted octanol–water partition coefficient (Wildman–Crippen LogP) is 1.73. The molecule has 4 nitrogen and oxygen atoms in total. The summed E-state index contributed by atoms with van der Waals surface area (Å²) in [5.41, 5.74) is -0.400. The number of pyridine rings is 1. The maximum Gasteiger partial charge on any atom is 0.379 e. The van der Waals surface area contributed by atoms with Crippen LogP contribution in [0, 0.1) is 5.95 Å². The first-order valence-corrected chi connectivity index (χ1v) is 4.88. The van der Waals surface area contributed by atoms with Crippen LogP contribution in [0.4, 0.5) is 4.39 Å². The number of carbonyl (C=O) groups is 2. The second kappa shape index (κ2) is 4.97. The fraction of sp³-hybridized carbons (Fsp3) is 0.222. The summed E-state index contributed by atoms with van der Waals surface area (Å²) >= 11 is 3.02. The molecule has 0 amide bonds. The summed E-state index contributed by atoms with van der Waals surface area (Å²) in [6.07, 6.45) is 1.19. The van der Waals surface area contributed by atoms with Crippen molar-refractivity contribution in [1.82, 2.24) is 4.98 Å². The van der Waals surface area contributed by atoms with Crippen LogP contribution in [-0.2, 0) is 9.53 Å². The highest BCUT2D eigenvalue weighted by Gasteiger charge is 2.22. The summed E-state index contributed by atoms with van der Waals surface area (Å²) in [5.74, 6) is -3.12. The number of hydrogen-bond acceptors (Lipinski definition) is 4. The van der Waals surface area contributed by atoms with E-state index in [0.29, 0.717) is 4.47 Å². The number of hydrogen-bond donors (Lipinski definition) is 0. The second-order valence-corrected chi connectivity index (χ2v) is 3.46. The number of halogens is 2. The molecular formula is C9H7BrFNO3. The Morgan fingerprint density at radius 3 is 2.87 bits per heavy atom. The normalized spacial score (nSPS) is 9.80. The first kappa shape index (κ1) is 11.8. The van der Waals surface area contributed by atoms with E-state index < -0.39 is 23.3 Å². The molecule has 0 aliphatic rings. The van der Waals surface area contributed by atoms with E-state index in [9.17, 15) is 14.0 Å². The molecule has 0 spiro atoms. The van der Waals surface area contributed by atoms with Crippen molar-refractivity contribution >= 4 is 27.7 Å². The van der Waals surface area contributed by atoms with Crippen LogP contribution in [0.25, 0.3) is 0 Å². The highest BCUT2D eigenvalue weighted by Crippen LogP contribution is 2.13. The quantitative estimate of drug-likeness (QED) is 0.365. The van der Waals surface area contributed by atoms with Crippen molar-refractivity contribution in [2.75, 3.05) is 6.61 Å². The molecule has 1 rings (SSSR count). The van der Waals surface area contributed by atoms with Gasteiger partial charge < -0.3 is 4.74 Å². The van der Waals surface area contributed by atoms with Crippen LogP contribution in [0.2, 0.25) is 0 Å². The van der Waals surface area contributed by atoms with Gasteiger partial charge in [-0.2, -0.15) is 4.39 Å². The van der Waals surface area contributed by atoms with Crippen molar-refractivity contribution in [3.8, 4) is 0 Å². The van der Waals surface area contributed by atoms with Crippen molar-refractivity contribution in [3.63, 3.8) is 0 Å². The van der Waals surface area contributed by atoms with Gasteiger partial charge >= 0.3 is 5.97 Å². The fourth-order valence-corrected chi connectivity index (χ4v) is 1.22. The minimum Gasteiger partial charge on any atom is -0.460 e. The van der Waals surface area contributed by atoms with E-state index in [1.807, 2.05) is 0 Å². The summed E-state index contributed by atoms with van der Waals surface area (Å²) in [7, 11) is 0. The average Bonchev–Trinajstić information content (AvgIpc) is 2.21. The van der Waals surface area contributed by atoms with Crippen LogP contribution in [-0.4, -0.2) is 23.3 Å². The topological polar surface area (TPSA) is 56.3 Å². The van der Waals surface area contributed by atoms with Gasteiger partial charge in [0.25, 0.3) is 5.78 Å². The lowest BCUT2D eigenvalue weighted by molar-refractivity contribution is -0.137. The van der Waals surface area contributed by atoms with Crippen LogP contribution in [0.5, 0.6) is 0 Å². The minimum absolute atomic E-state index is 0.0631. The molecular weight excluding hydrogens is 269 g/mol. The van der Waals surface area contributed by atoms with E-state index in [4.69, 9.17) is 0 Å². The van der Waals surface area contributed by atoms with Gasteiger partial charge in [-0.15, -0.1) is 0 Å². The van der Waals surface area contributed by atoms with Gasteiger partial charge in [-0.3, -0.25) is 4.79 Å². The molecule has 1 aromatic heterocycles. The zero-order chi connectivity index (χ0) is 11.4. The summed E-state index contributed by atoms with van der Waals surface area (Å²) in [5, 5.41) is 0. The number of rotatable bonds is 3. The Hall–Kier alpha value is -1.30. The smallest absolute Gasteiger partial charge is 0.379 e. The predicted molar refractivity (Wildman–Crippen MR) is 52.9 cm³/mol. The molecule has 0 saturated heterocycles. The molecule has 0 radical (unpaired) electrons. The second-order valence-electron chi connectivity index (χ2n) is 2.54. The number of Topliss-reactive ketones (excluding diaryl/α,β-unsaturated/α-hetero) is 1. The van der Waals surface area contributed by atoms with Gasteiger partial charge in [0.1, 0.15) is 0 Å². The number of carbonyl (C=O) groups excluding carboxylic acids is 2. The number of ether oxygens (including phenoxy) is 1. The average molecular weight is 276 g/mol. The molecule has 0 fully saturated rings. The van der Waals surface area contributed by atoms with Crippen molar-refractivity contribution in [2.24, 2.45) is 0 Å². The SMILES string of the molecule is CCOC(=O)C(=O)c1cc(Br)cnc1F. The molecule has 0 aliphatic carbocycles. The summed E-state index contributed by atoms with van der Waals surface area (Å²) < 4.78 is 17.9. The van der Waals surface area contributed by atoms with Gasteiger partial charge in [-0.25, -0.2) is 9.78 Å². The highest BCUT2D eigenvalue weighted by molar-refractivity contribution is 9.10. The van der Waals surface area contributed by atoms with Crippen molar-refractivity contribution in [1.29, 1.82) is 0 Å². The Morgan fingerprint density at radius 1 is 1.60 bits per heavy atom. The molecule has 1 heterocycles. The Balaban J connectivity index is 3.00. The van der Waals surface area contributed by atoms with E-state index >= 15 is 0 Å². The zero-order valence-corrected chi connectivity index (χ0v) is 9.38. The van der Waals surface area contributed by atoms with Crippen LogP contribution >= 0.6 is 15.9 Å². The summed E-state index contributed by atoms with van der Waals surface area (Å²) in [6.45, 7) is 1.62. The van der Waals surface area contributed by atoms with Crippen LogP contribution < -0.4 is 0 Å². The monoisotopic (exact) mass is 275 g/mol. The van der Waals surface area contributed by atoms with Crippen LogP contribution in [0.15, 0.2) is 16.7 Å². The van der Waals surface area contributed by atoms with Crippen molar-refractivity contribution in [2.45, 2.75) is 6.92 Å². The van der Waals surface area contributed by atoms with E-state index in [2.05, 4.69) is 25.7 Å². The highest BCUT2D eigenvalue weighted by atomic mass is 79.9. The summed E-state index contributed by atoms with van der Waals surface area (Å²) in [6, 6.07) is 1.18. The molecule has 15 heavy (non-hydrogen) atoms. The molecule has 0 bridgehead atoms. The molecule has 0 N–H and O–H groups in total. The third kappa shape index (κ3) is 2.82. The molecule has 0 atom stereocenters. The van der Waals surface area contributed by atoms with Gasteiger partial charge in [0, 0.05) is 10.7 Å². The third-order valence-electron chi connectivity index (χ3n) is 1.51. The molecule has 0 aliphatic heterocycles. The van der Waals surface area contributed by atoms with Gasteiger partial charge in [0.05, 0.1) is 12.2 Å².